The molecule has 3 aromatic rings. The Labute approximate surface area is 148 Å². The Balaban J connectivity index is 1.71. The molecule has 7 heteroatoms. The van der Waals surface area contributed by atoms with Crippen LogP contribution in [0.15, 0.2) is 36.4 Å². The van der Waals surface area contributed by atoms with Gasteiger partial charge in [0.25, 0.3) is 5.91 Å². The van der Waals surface area contributed by atoms with Crippen LogP contribution in [0.5, 0.6) is 0 Å². The SMILES string of the molecule is Cc1nc2ccccc2n1CCNC(=O)c1cc(F)c(Cl)cc1Cl. The third-order valence-electron chi connectivity index (χ3n) is 3.72. The molecule has 1 aromatic heterocycles. The van der Waals surface area contributed by atoms with Gasteiger partial charge in [0.05, 0.1) is 26.6 Å². The van der Waals surface area contributed by atoms with Crippen molar-refractivity contribution in [1.82, 2.24) is 14.9 Å². The molecule has 0 saturated carbocycles. The number of nitrogens with one attached hydrogen (secondary N) is 1. The van der Waals surface area contributed by atoms with Gasteiger partial charge in [-0.15, -0.1) is 0 Å². The molecule has 24 heavy (non-hydrogen) atoms. The third kappa shape index (κ3) is 3.23. The lowest BCUT2D eigenvalue weighted by molar-refractivity contribution is 0.0952. The van der Waals surface area contributed by atoms with Crippen LogP contribution in [0.3, 0.4) is 0 Å². The molecule has 0 fully saturated rings. The summed E-state index contributed by atoms with van der Waals surface area (Å²) in [6.45, 7) is 2.82. The Morgan fingerprint density at radius 2 is 2.00 bits per heavy atom. The van der Waals surface area contributed by atoms with Crippen molar-refractivity contribution in [3.63, 3.8) is 0 Å². The van der Waals surface area contributed by atoms with Gasteiger partial charge in [0.1, 0.15) is 11.6 Å². The first kappa shape index (κ1) is 16.7. The molecule has 0 spiro atoms. The summed E-state index contributed by atoms with van der Waals surface area (Å²) in [5.41, 5.74) is 1.97. The monoisotopic (exact) mass is 365 g/mol. The lowest BCUT2D eigenvalue weighted by Gasteiger charge is -2.10. The number of carbonyl (C=O) groups excluding carboxylic acids is 1. The number of amides is 1. The molecule has 0 aliphatic heterocycles. The number of nitrogens with zero attached hydrogens (tertiary/aromatic N) is 2. The molecule has 0 unspecified atom stereocenters. The largest absolute Gasteiger partial charge is 0.350 e. The predicted octanol–water partition coefficient (Wildman–Crippen LogP) is 4.22. The van der Waals surface area contributed by atoms with Gasteiger partial charge in [-0.05, 0) is 31.2 Å². The first-order valence-electron chi connectivity index (χ1n) is 7.32. The van der Waals surface area contributed by atoms with Gasteiger partial charge < -0.3 is 9.88 Å². The molecule has 1 N–H and O–H groups in total. The summed E-state index contributed by atoms with van der Waals surface area (Å²) in [6.07, 6.45) is 0. The van der Waals surface area contributed by atoms with E-state index < -0.39 is 11.7 Å². The van der Waals surface area contributed by atoms with Crippen LogP contribution in [0.1, 0.15) is 16.2 Å². The predicted molar refractivity (Wildman–Crippen MR) is 93.2 cm³/mol. The minimum atomic E-state index is -0.678. The zero-order valence-electron chi connectivity index (χ0n) is 12.8. The molecule has 3 rings (SSSR count). The number of aromatic nitrogens is 2. The lowest BCUT2D eigenvalue weighted by atomic mass is 10.2. The molecule has 0 aliphatic rings. The number of rotatable bonds is 4. The average Bonchev–Trinajstić information content (AvgIpc) is 2.86. The normalized spacial score (nSPS) is 11.0. The van der Waals surface area contributed by atoms with E-state index in [0.29, 0.717) is 13.1 Å². The molecule has 0 atom stereocenters. The average molecular weight is 366 g/mol. The minimum absolute atomic E-state index is 0.0609. The van der Waals surface area contributed by atoms with E-state index in [-0.39, 0.29) is 15.6 Å². The van der Waals surface area contributed by atoms with Gasteiger partial charge in [-0.2, -0.15) is 0 Å². The van der Waals surface area contributed by atoms with Crippen molar-refractivity contribution in [2.45, 2.75) is 13.5 Å². The van der Waals surface area contributed by atoms with E-state index >= 15 is 0 Å². The highest BCUT2D eigenvalue weighted by molar-refractivity contribution is 6.36. The number of para-hydroxylation sites is 2. The van der Waals surface area contributed by atoms with Crippen LogP contribution in [-0.2, 0) is 6.54 Å². The standard InChI is InChI=1S/C17H14Cl2FN3O/c1-10-22-15-4-2-3-5-16(15)23(10)7-6-21-17(24)11-8-14(20)13(19)9-12(11)18/h2-5,8-9H,6-7H2,1H3,(H,21,24). The summed E-state index contributed by atoms with van der Waals surface area (Å²) in [5, 5.41) is 2.74. The fourth-order valence-corrected chi connectivity index (χ4v) is 3.02. The van der Waals surface area contributed by atoms with E-state index in [0.717, 1.165) is 22.9 Å². The molecule has 2 aromatic carbocycles. The molecule has 0 saturated heterocycles. The summed E-state index contributed by atoms with van der Waals surface area (Å²) < 4.78 is 15.5. The van der Waals surface area contributed by atoms with Gasteiger partial charge in [-0.25, -0.2) is 9.37 Å². The summed E-state index contributed by atoms with van der Waals surface area (Å²) in [5.74, 6) is -0.263. The smallest absolute Gasteiger partial charge is 0.252 e. The second kappa shape index (κ2) is 6.79. The molecule has 1 heterocycles. The van der Waals surface area contributed by atoms with Gasteiger partial charge in [-0.3, -0.25) is 4.79 Å². The number of carbonyl (C=O) groups is 1. The number of hydrogen-bond donors (Lipinski definition) is 1. The number of benzene rings is 2. The van der Waals surface area contributed by atoms with E-state index in [4.69, 9.17) is 23.2 Å². The fraction of sp³-hybridized carbons (Fsp3) is 0.176. The van der Waals surface area contributed by atoms with Crippen LogP contribution in [0.25, 0.3) is 11.0 Å². The van der Waals surface area contributed by atoms with Crippen LogP contribution in [0, 0.1) is 12.7 Å². The van der Waals surface area contributed by atoms with E-state index in [1.54, 1.807) is 0 Å². The Bertz CT molecular complexity index is 924. The number of imidazole rings is 1. The van der Waals surface area contributed by atoms with Gasteiger partial charge in [0, 0.05) is 13.1 Å². The fourth-order valence-electron chi connectivity index (χ4n) is 2.55. The van der Waals surface area contributed by atoms with Crippen molar-refractivity contribution in [3.8, 4) is 0 Å². The molecule has 1 amide bonds. The highest BCUT2D eigenvalue weighted by atomic mass is 35.5. The zero-order valence-corrected chi connectivity index (χ0v) is 14.3. The summed E-state index contributed by atoms with van der Waals surface area (Å²) >= 11 is 11.6. The first-order valence-corrected chi connectivity index (χ1v) is 8.07. The summed E-state index contributed by atoms with van der Waals surface area (Å²) in [4.78, 5) is 16.6. The minimum Gasteiger partial charge on any atom is -0.350 e. The Morgan fingerprint density at radius 3 is 2.79 bits per heavy atom. The molecular formula is C17H14Cl2FN3O. The first-order chi connectivity index (χ1) is 11.5. The molecular weight excluding hydrogens is 352 g/mol. The van der Waals surface area contributed by atoms with Crippen molar-refractivity contribution in [1.29, 1.82) is 0 Å². The van der Waals surface area contributed by atoms with Gasteiger partial charge in [-0.1, -0.05) is 35.3 Å². The maximum absolute atomic E-state index is 13.5. The van der Waals surface area contributed by atoms with Crippen molar-refractivity contribution < 1.29 is 9.18 Å². The third-order valence-corrected chi connectivity index (χ3v) is 4.32. The zero-order chi connectivity index (χ0) is 17.3. The molecule has 0 radical (unpaired) electrons. The quantitative estimate of drug-likeness (QED) is 0.703. The highest BCUT2D eigenvalue weighted by Crippen LogP contribution is 2.24. The van der Waals surface area contributed by atoms with Crippen molar-refractivity contribution in [2.75, 3.05) is 6.54 Å². The van der Waals surface area contributed by atoms with Crippen molar-refractivity contribution in [2.24, 2.45) is 0 Å². The maximum atomic E-state index is 13.5. The molecule has 4 nitrogen and oxygen atoms in total. The van der Waals surface area contributed by atoms with Crippen LogP contribution in [0.2, 0.25) is 10.0 Å². The lowest BCUT2D eigenvalue weighted by Crippen LogP contribution is -2.27. The molecule has 0 bridgehead atoms. The van der Waals surface area contributed by atoms with Gasteiger partial charge >= 0.3 is 0 Å². The maximum Gasteiger partial charge on any atom is 0.252 e. The summed E-state index contributed by atoms with van der Waals surface area (Å²) in [7, 11) is 0. The van der Waals surface area contributed by atoms with E-state index in [1.165, 1.54) is 6.07 Å². The number of aryl methyl sites for hydroxylation is 1. The van der Waals surface area contributed by atoms with Crippen LogP contribution >= 0.6 is 23.2 Å². The molecule has 124 valence electrons. The second-order valence-corrected chi connectivity index (χ2v) is 6.12. The number of hydrogen-bond acceptors (Lipinski definition) is 2. The highest BCUT2D eigenvalue weighted by Gasteiger charge is 2.14. The van der Waals surface area contributed by atoms with Crippen molar-refractivity contribution >= 4 is 40.1 Å². The van der Waals surface area contributed by atoms with E-state index in [1.807, 2.05) is 35.8 Å². The van der Waals surface area contributed by atoms with E-state index in [2.05, 4.69) is 10.3 Å². The summed E-state index contributed by atoms with van der Waals surface area (Å²) in [6, 6.07) is 10.0. The molecule has 0 aliphatic carbocycles. The van der Waals surface area contributed by atoms with Crippen LogP contribution in [0.4, 0.5) is 4.39 Å². The van der Waals surface area contributed by atoms with Crippen molar-refractivity contribution in [3.05, 3.63) is 63.6 Å². The Kier molecular flexibility index (Phi) is 4.73. The second-order valence-electron chi connectivity index (χ2n) is 5.30. The Morgan fingerprint density at radius 1 is 1.25 bits per heavy atom. The number of halogens is 3. The topological polar surface area (TPSA) is 46.9 Å². The van der Waals surface area contributed by atoms with Gasteiger partial charge in [0.15, 0.2) is 0 Å². The van der Waals surface area contributed by atoms with Gasteiger partial charge in [0.2, 0.25) is 0 Å². The van der Waals surface area contributed by atoms with Crippen LogP contribution < -0.4 is 5.32 Å². The van der Waals surface area contributed by atoms with Crippen LogP contribution in [-0.4, -0.2) is 22.0 Å². The van der Waals surface area contributed by atoms with E-state index in [9.17, 15) is 9.18 Å². The Hall–Kier alpha value is -2.11. The number of fused-ring (bicyclic) bond motifs is 1.